The highest BCUT2D eigenvalue weighted by atomic mass is 16.1. The third-order valence-corrected chi connectivity index (χ3v) is 3.60. The summed E-state index contributed by atoms with van der Waals surface area (Å²) >= 11 is 0. The lowest BCUT2D eigenvalue weighted by molar-refractivity contribution is -0.114. The number of hydrogen-bond acceptors (Lipinski definition) is 3. The lowest BCUT2D eigenvalue weighted by atomic mass is 10.0. The van der Waals surface area contributed by atoms with E-state index in [9.17, 15) is 4.79 Å². The lowest BCUT2D eigenvalue weighted by Gasteiger charge is -2.23. The molecule has 1 amide bonds. The Morgan fingerprint density at radius 1 is 1.10 bits per heavy atom. The molecule has 0 saturated carbocycles. The smallest absolute Gasteiger partial charge is 0.267 e. The van der Waals surface area contributed by atoms with E-state index in [1.807, 2.05) is 53.5 Å². The molecular weight excluding hydrogens is 262 g/mol. The number of amides is 1. The van der Waals surface area contributed by atoms with Crippen molar-refractivity contribution in [3.8, 4) is 0 Å². The number of rotatable bonds is 3. The molecule has 4 nitrogen and oxygen atoms in total. The van der Waals surface area contributed by atoms with Crippen molar-refractivity contribution in [3.63, 3.8) is 0 Å². The average molecular weight is 279 g/mol. The number of benzene rings is 2. The molecule has 1 N–H and O–H groups in total. The van der Waals surface area contributed by atoms with Crippen LogP contribution in [-0.4, -0.2) is 18.7 Å². The highest BCUT2D eigenvalue weighted by Crippen LogP contribution is 2.34. The molecule has 4 heteroatoms. The maximum Gasteiger partial charge on any atom is 0.267 e. The molecule has 1 aliphatic heterocycles. The molecule has 0 aliphatic carbocycles. The zero-order valence-electron chi connectivity index (χ0n) is 11.9. The molecule has 1 unspecified atom stereocenters. The van der Waals surface area contributed by atoms with Gasteiger partial charge in [-0.15, -0.1) is 0 Å². The van der Waals surface area contributed by atoms with Crippen molar-refractivity contribution in [3.05, 3.63) is 66.2 Å². The van der Waals surface area contributed by atoms with Crippen molar-refractivity contribution in [2.45, 2.75) is 12.5 Å². The molecule has 0 bridgehead atoms. The summed E-state index contributed by atoms with van der Waals surface area (Å²) in [5.41, 5.74) is 2.71. The summed E-state index contributed by atoms with van der Waals surface area (Å²) in [4.78, 5) is 11.9. The predicted octanol–water partition coefficient (Wildman–Crippen LogP) is 2.74. The molecule has 3 rings (SSSR count). The molecule has 21 heavy (non-hydrogen) atoms. The highest BCUT2D eigenvalue weighted by Gasteiger charge is 2.31. The van der Waals surface area contributed by atoms with Crippen LogP contribution in [0.3, 0.4) is 0 Å². The van der Waals surface area contributed by atoms with E-state index >= 15 is 0 Å². The van der Waals surface area contributed by atoms with E-state index in [-0.39, 0.29) is 11.9 Å². The van der Waals surface area contributed by atoms with Gasteiger partial charge < -0.3 is 5.32 Å². The van der Waals surface area contributed by atoms with Crippen molar-refractivity contribution in [2.24, 2.45) is 5.10 Å². The molecule has 0 fully saturated rings. The van der Waals surface area contributed by atoms with Crippen LogP contribution in [-0.2, 0) is 4.79 Å². The summed E-state index contributed by atoms with van der Waals surface area (Å²) in [7, 11) is 1.63. The minimum absolute atomic E-state index is 0.0564. The van der Waals surface area contributed by atoms with Crippen molar-refractivity contribution in [2.75, 3.05) is 12.1 Å². The van der Waals surface area contributed by atoms with Gasteiger partial charge in [-0.2, -0.15) is 5.10 Å². The van der Waals surface area contributed by atoms with Crippen LogP contribution in [0.1, 0.15) is 18.0 Å². The normalized spacial score (nSPS) is 17.5. The maximum absolute atomic E-state index is 11.9. The Kier molecular flexibility index (Phi) is 3.69. The summed E-state index contributed by atoms with van der Waals surface area (Å²) in [6.45, 7) is 0. The fourth-order valence-corrected chi connectivity index (χ4v) is 2.55. The lowest BCUT2D eigenvalue weighted by Crippen LogP contribution is -2.26. The molecular formula is C17H17N3O. The molecule has 2 aromatic rings. The Balaban J connectivity index is 1.98. The summed E-state index contributed by atoms with van der Waals surface area (Å²) in [6, 6.07) is 20.2. The van der Waals surface area contributed by atoms with Crippen LogP contribution in [0.15, 0.2) is 65.8 Å². The molecule has 1 aliphatic rings. The number of hydrazone groups is 1. The minimum atomic E-state index is -0.116. The zero-order chi connectivity index (χ0) is 14.7. The van der Waals surface area contributed by atoms with E-state index in [2.05, 4.69) is 22.6 Å². The van der Waals surface area contributed by atoms with Crippen LogP contribution in [0.4, 0.5) is 5.69 Å². The van der Waals surface area contributed by atoms with Gasteiger partial charge in [0.1, 0.15) is 5.71 Å². The third-order valence-electron chi connectivity index (χ3n) is 3.60. The van der Waals surface area contributed by atoms with Gasteiger partial charge in [0.25, 0.3) is 5.91 Å². The van der Waals surface area contributed by atoms with Gasteiger partial charge in [0.05, 0.1) is 11.7 Å². The summed E-state index contributed by atoms with van der Waals surface area (Å²) in [5.74, 6) is -0.116. The first-order chi connectivity index (χ1) is 10.3. The first kappa shape index (κ1) is 13.4. The van der Waals surface area contributed by atoms with E-state index in [1.165, 1.54) is 0 Å². The van der Waals surface area contributed by atoms with Crippen LogP contribution in [0.2, 0.25) is 0 Å². The summed E-state index contributed by atoms with van der Waals surface area (Å²) in [6.07, 6.45) is 0.610. The second-order valence-corrected chi connectivity index (χ2v) is 4.94. The topological polar surface area (TPSA) is 44.7 Å². The van der Waals surface area contributed by atoms with Gasteiger partial charge in [0, 0.05) is 13.5 Å². The van der Waals surface area contributed by atoms with E-state index in [0.29, 0.717) is 12.1 Å². The predicted molar refractivity (Wildman–Crippen MR) is 84.2 cm³/mol. The number of anilines is 1. The second kappa shape index (κ2) is 5.79. The van der Waals surface area contributed by atoms with Gasteiger partial charge >= 0.3 is 0 Å². The number of carbonyl (C=O) groups is 1. The summed E-state index contributed by atoms with van der Waals surface area (Å²) < 4.78 is 0. The molecule has 1 heterocycles. The summed E-state index contributed by atoms with van der Waals surface area (Å²) in [5, 5.41) is 9.11. The van der Waals surface area contributed by atoms with Gasteiger partial charge in [-0.3, -0.25) is 9.80 Å². The van der Waals surface area contributed by atoms with Crippen molar-refractivity contribution in [1.82, 2.24) is 5.32 Å². The van der Waals surface area contributed by atoms with Crippen LogP contribution in [0.25, 0.3) is 0 Å². The fraction of sp³-hybridized carbons (Fsp3) is 0.176. The molecule has 2 aromatic carbocycles. The van der Waals surface area contributed by atoms with Crippen LogP contribution in [0.5, 0.6) is 0 Å². The number of para-hydroxylation sites is 1. The number of nitrogens with zero attached hydrogens (tertiary/aromatic N) is 2. The van der Waals surface area contributed by atoms with Crippen molar-refractivity contribution in [1.29, 1.82) is 0 Å². The first-order valence-corrected chi connectivity index (χ1v) is 6.98. The maximum atomic E-state index is 11.9. The Bertz CT molecular complexity index is 652. The Hall–Kier alpha value is -2.62. The van der Waals surface area contributed by atoms with Crippen LogP contribution in [0, 0.1) is 0 Å². The largest absolute Gasteiger partial charge is 0.354 e. The Morgan fingerprint density at radius 2 is 1.71 bits per heavy atom. The fourth-order valence-electron chi connectivity index (χ4n) is 2.55. The standard InChI is InChI=1S/C17H17N3O/c1-18-17(21)15-12-16(13-8-4-2-5-9-13)20(19-15)14-10-6-3-7-11-14/h2-11,16H,12H2,1H3,(H,18,21). The Labute approximate surface area is 124 Å². The van der Waals surface area contributed by atoms with Crippen LogP contribution >= 0.6 is 0 Å². The van der Waals surface area contributed by atoms with Crippen molar-refractivity contribution >= 4 is 17.3 Å². The van der Waals surface area contributed by atoms with Crippen LogP contribution < -0.4 is 10.3 Å². The highest BCUT2D eigenvalue weighted by molar-refractivity contribution is 6.39. The molecule has 0 aromatic heterocycles. The van der Waals surface area contributed by atoms with Gasteiger partial charge in [-0.05, 0) is 17.7 Å². The number of carbonyl (C=O) groups excluding carboxylic acids is 1. The quantitative estimate of drug-likeness (QED) is 0.939. The number of hydrogen-bond donors (Lipinski definition) is 1. The molecule has 106 valence electrons. The molecule has 0 radical (unpaired) electrons. The van der Waals surface area contributed by atoms with Gasteiger partial charge in [0.2, 0.25) is 0 Å². The van der Waals surface area contributed by atoms with Gasteiger partial charge in [-0.1, -0.05) is 48.5 Å². The third kappa shape index (κ3) is 2.65. The monoisotopic (exact) mass is 279 g/mol. The van der Waals surface area contributed by atoms with E-state index in [1.54, 1.807) is 7.05 Å². The van der Waals surface area contributed by atoms with E-state index < -0.39 is 0 Å². The molecule has 0 spiro atoms. The van der Waals surface area contributed by atoms with Gasteiger partial charge in [-0.25, -0.2) is 0 Å². The molecule has 1 atom stereocenters. The van der Waals surface area contributed by atoms with E-state index in [4.69, 9.17) is 0 Å². The zero-order valence-corrected chi connectivity index (χ0v) is 11.9. The molecule has 0 saturated heterocycles. The van der Waals surface area contributed by atoms with E-state index in [0.717, 1.165) is 11.3 Å². The Morgan fingerprint density at radius 3 is 2.33 bits per heavy atom. The first-order valence-electron chi connectivity index (χ1n) is 6.98. The average Bonchev–Trinajstić information content (AvgIpc) is 3.01. The van der Waals surface area contributed by atoms with Gasteiger partial charge in [0.15, 0.2) is 0 Å². The second-order valence-electron chi connectivity index (χ2n) is 4.94. The van der Waals surface area contributed by atoms with Crippen molar-refractivity contribution < 1.29 is 4.79 Å². The minimum Gasteiger partial charge on any atom is -0.354 e. The SMILES string of the molecule is CNC(=O)C1=NN(c2ccccc2)C(c2ccccc2)C1. The number of nitrogens with one attached hydrogen (secondary N) is 1.